The van der Waals surface area contributed by atoms with Crippen molar-refractivity contribution in [2.45, 2.75) is 32.7 Å². The average Bonchev–Trinajstić information content (AvgIpc) is 2.79. The van der Waals surface area contributed by atoms with Gasteiger partial charge in [0.05, 0.1) is 25.6 Å². The van der Waals surface area contributed by atoms with Gasteiger partial charge in [-0.2, -0.15) is 5.10 Å². The lowest BCUT2D eigenvalue weighted by Crippen LogP contribution is -2.37. The van der Waals surface area contributed by atoms with Crippen LogP contribution in [0, 0.1) is 0 Å². The first-order chi connectivity index (χ1) is 8.52. The van der Waals surface area contributed by atoms with E-state index in [0.29, 0.717) is 25.5 Å². The molecule has 0 fully saturated rings. The quantitative estimate of drug-likeness (QED) is 0.605. The van der Waals surface area contributed by atoms with Gasteiger partial charge in [-0.15, -0.1) is 12.4 Å². The molecule has 2 N–H and O–H groups in total. The molecule has 6 nitrogen and oxygen atoms in total. The Morgan fingerprint density at radius 2 is 2.21 bits per heavy atom. The summed E-state index contributed by atoms with van der Waals surface area (Å²) < 4.78 is 12.0. The largest absolute Gasteiger partial charge is 0.490 e. The molecule has 0 aliphatic heterocycles. The lowest BCUT2D eigenvalue weighted by atomic mass is 10.1. The molecule has 0 aliphatic rings. The number of aromatic nitrogens is 2. The van der Waals surface area contributed by atoms with Crippen molar-refractivity contribution in [1.29, 1.82) is 0 Å². The predicted molar refractivity (Wildman–Crippen MR) is 74.6 cm³/mol. The zero-order valence-electron chi connectivity index (χ0n) is 11.6. The van der Waals surface area contributed by atoms with Crippen molar-refractivity contribution in [3.8, 4) is 5.75 Å². The molecule has 1 aromatic heterocycles. The summed E-state index contributed by atoms with van der Waals surface area (Å²) in [6, 6.07) is 0. The highest BCUT2D eigenvalue weighted by Crippen LogP contribution is 2.20. The fraction of sp³-hybridized carbons (Fsp3) is 0.667. The Labute approximate surface area is 119 Å². The van der Waals surface area contributed by atoms with E-state index in [1.807, 2.05) is 0 Å². The molecule has 0 saturated heterocycles. The highest BCUT2D eigenvalue weighted by Gasteiger charge is 2.32. The fourth-order valence-electron chi connectivity index (χ4n) is 1.36. The van der Waals surface area contributed by atoms with Gasteiger partial charge in [0.1, 0.15) is 0 Å². The van der Waals surface area contributed by atoms with E-state index in [-0.39, 0.29) is 18.4 Å². The number of halogens is 1. The number of nitrogens with zero attached hydrogens (tertiary/aromatic N) is 2. The molecule has 0 amide bonds. The second-order valence-electron chi connectivity index (χ2n) is 4.39. The Morgan fingerprint density at radius 3 is 2.79 bits per heavy atom. The maximum atomic E-state index is 11.8. The van der Waals surface area contributed by atoms with E-state index < -0.39 is 5.54 Å². The van der Waals surface area contributed by atoms with Crippen LogP contribution in [0.1, 0.15) is 27.2 Å². The van der Waals surface area contributed by atoms with Crippen LogP contribution in [0.4, 0.5) is 0 Å². The lowest BCUT2D eigenvalue weighted by molar-refractivity contribution is -0.152. The summed E-state index contributed by atoms with van der Waals surface area (Å²) in [5, 5.41) is 4.13. The van der Waals surface area contributed by atoms with Crippen molar-refractivity contribution in [2.75, 3.05) is 19.8 Å². The molecule has 7 heteroatoms. The topological polar surface area (TPSA) is 79.4 Å². The van der Waals surface area contributed by atoms with Crippen molar-refractivity contribution < 1.29 is 14.3 Å². The first kappa shape index (κ1) is 17.7. The molecular weight excluding hydrogens is 270 g/mol. The summed E-state index contributed by atoms with van der Waals surface area (Å²) in [4.78, 5) is 11.8. The number of carbonyl (C=O) groups excluding carboxylic acids is 1. The SMILES string of the molecule is CCOC(=O)C(C)(C)n1cc(OCCCN)cn1.Cl. The third kappa shape index (κ3) is 4.72. The zero-order valence-corrected chi connectivity index (χ0v) is 12.4. The number of hydrogen-bond acceptors (Lipinski definition) is 5. The lowest BCUT2D eigenvalue weighted by Gasteiger charge is -2.22. The summed E-state index contributed by atoms with van der Waals surface area (Å²) in [6.07, 6.45) is 4.05. The van der Waals surface area contributed by atoms with Crippen molar-refractivity contribution >= 4 is 18.4 Å². The molecular formula is C12H22ClN3O3. The molecule has 0 radical (unpaired) electrons. The van der Waals surface area contributed by atoms with Crippen molar-refractivity contribution in [3.05, 3.63) is 12.4 Å². The van der Waals surface area contributed by atoms with Crippen LogP contribution in [0.3, 0.4) is 0 Å². The van der Waals surface area contributed by atoms with Crippen LogP contribution in [0.15, 0.2) is 12.4 Å². The number of esters is 1. The standard InChI is InChI=1S/C12H21N3O3.ClH/c1-4-17-11(16)12(2,3)15-9-10(8-14-15)18-7-5-6-13;/h8-9H,4-7,13H2,1-3H3;1H. The molecule has 19 heavy (non-hydrogen) atoms. The maximum absolute atomic E-state index is 11.8. The van der Waals surface area contributed by atoms with Crippen molar-refractivity contribution in [1.82, 2.24) is 9.78 Å². The third-order valence-corrected chi connectivity index (χ3v) is 2.52. The van der Waals surface area contributed by atoms with Gasteiger partial charge in [-0.3, -0.25) is 4.68 Å². The average molecular weight is 292 g/mol. The molecule has 0 unspecified atom stereocenters. The van der Waals surface area contributed by atoms with Crippen LogP contribution in [-0.4, -0.2) is 35.5 Å². The molecule has 0 atom stereocenters. The smallest absolute Gasteiger partial charge is 0.333 e. The van der Waals surface area contributed by atoms with Gasteiger partial charge in [0.2, 0.25) is 0 Å². The van der Waals surface area contributed by atoms with Gasteiger partial charge in [-0.25, -0.2) is 4.79 Å². The Hall–Kier alpha value is -1.27. The molecule has 0 bridgehead atoms. The Bertz CT molecular complexity index is 393. The van der Waals surface area contributed by atoms with E-state index >= 15 is 0 Å². The minimum Gasteiger partial charge on any atom is -0.490 e. The van der Waals surface area contributed by atoms with Crippen LogP contribution in [0.5, 0.6) is 5.75 Å². The molecule has 1 heterocycles. The van der Waals surface area contributed by atoms with Gasteiger partial charge in [0.25, 0.3) is 0 Å². The van der Waals surface area contributed by atoms with Gasteiger partial charge in [-0.1, -0.05) is 0 Å². The molecule has 0 saturated carbocycles. The van der Waals surface area contributed by atoms with E-state index in [0.717, 1.165) is 6.42 Å². The minimum absolute atomic E-state index is 0. The molecule has 110 valence electrons. The second kappa shape index (κ2) is 8.01. The summed E-state index contributed by atoms with van der Waals surface area (Å²) >= 11 is 0. The number of ether oxygens (including phenoxy) is 2. The first-order valence-electron chi connectivity index (χ1n) is 6.07. The molecule has 1 rings (SSSR count). The van der Waals surface area contributed by atoms with Crippen molar-refractivity contribution in [3.63, 3.8) is 0 Å². The van der Waals surface area contributed by atoms with Crippen LogP contribution in [0.2, 0.25) is 0 Å². The van der Waals surface area contributed by atoms with Gasteiger partial charge in [0.15, 0.2) is 11.3 Å². The van der Waals surface area contributed by atoms with Gasteiger partial charge >= 0.3 is 5.97 Å². The van der Waals surface area contributed by atoms with Crippen LogP contribution in [-0.2, 0) is 15.1 Å². The number of nitrogens with two attached hydrogens (primary N) is 1. The van der Waals surface area contributed by atoms with Gasteiger partial charge in [0, 0.05) is 0 Å². The summed E-state index contributed by atoms with van der Waals surface area (Å²) in [6.45, 7) is 6.76. The minimum atomic E-state index is -0.842. The Morgan fingerprint density at radius 1 is 1.53 bits per heavy atom. The molecule has 0 aromatic carbocycles. The zero-order chi connectivity index (χ0) is 13.6. The fourth-order valence-corrected chi connectivity index (χ4v) is 1.36. The number of carbonyl (C=O) groups is 1. The number of rotatable bonds is 7. The third-order valence-electron chi connectivity index (χ3n) is 2.52. The summed E-state index contributed by atoms with van der Waals surface area (Å²) in [5.41, 5.74) is 4.54. The van der Waals surface area contributed by atoms with E-state index in [1.165, 1.54) is 0 Å². The van der Waals surface area contributed by atoms with E-state index in [2.05, 4.69) is 5.10 Å². The molecule has 1 aromatic rings. The highest BCUT2D eigenvalue weighted by molar-refractivity contribution is 5.85. The van der Waals surface area contributed by atoms with Crippen molar-refractivity contribution in [2.24, 2.45) is 5.73 Å². The summed E-state index contributed by atoms with van der Waals surface area (Å²) in [7, 11) is 0. The van der Waals surface area contributed by atoms with E-state index in [9.17, 15) is 4.79 Å². The highest BCUT2D eigenvalue weighted by atomic mass is 35.5. The molecule has 0 spiro atoms. The second-order valence-corrected chi connectivity index (χ2v) is 4.39. The Kier molecular flexibility index (Phi) is 7.48. The van der Waals surface area contributed by atoms with Gasteiger partial charge in [-0.05, 0) is 33.7 Å². The number of hydrogen-bond donors (Lipinski definition) is 1. The summed E-state index contributed by atoms with van der Waals surface area (Å²) in [5.74, 6) is 0.308. The van der Waals surface area contributed by atoms with Crippen LogP contribution in [0.25, 0.3) is 0 Å². The van der Waals surface area contributed by atoms with Crippen LogP contribution < -0.4 is 10.5 Å². The maximum Gasteiger partial charge on any atom is 0.333 e. The van der Waals surface area contributed by atoms with E-state index in [4.69, 9.17) is 15.2 Å². The predicted octanol–water partition coefficient (Wildman–Crippen LogP) is 1.33. The van der Waals surface area contributed by atoms with Crippen LogP contribution >= 0.6 is 12.4 Å². The molecule has 0 aliphatic carbocycles. The van der Waals surface area contributed by atoms with E-state index in [1.54, 1.807) is 37.8 Å². The normalized spacial score (nSPS) is 10.7. The Balaban J connectivity index is 0.00000324. The first-order valence-corrected chi connectivity index (χ1v) is 6.07. The van der Waals surface area contributed by atoms with Gasteiger partial charge < -0.3 is 15.2 Å². The monoisotopic (exact) mass is 291 g/mol.